The monoisotopic (exact) mass is 448 g/mol. The number of rotatable bonds is 6. The highest BCUT2D eigenvalue weighted by atomic mass is 16.5. The first kappa shape index (κ1) is 21.8. The number of amides is 1. The Labute approximate surface area is 194 Å². The summed E-state index contributed by atoms with van der Waals surface area (Å²) in [6.45, 7) is 10.1. The zero-order valence-corrected chi connectivity index (χ0v) is 19.9. The molecule has 0 N–H and O–H groups in total. The van der Waals surface area contributed by atoms with Gasteiger partial charge >= 0.3 is 0 Å². The molecule has 3 aromatic rings. The standard InChI is InChI=1S/C25H32N6O2/c1-17-21(18(2)29(4)27-17)10-11-23(32)31-15-25(16-31)14-30(12-20-8-6-5-7-9-20)13-22(25)24-26-19(3)28-33-24/h5-9,22H,10-16H2,1-4H3. The van der Waals surface area contributed by atoms with Gasteiger partial charge in [0.15, 0.2) is 5.82 Å². The zero-order chi connectivity index (χ0) is 23.2. The van der Waals surface area contributed by atoms with E-state index in [0.717, 1.165) is 50.5 Å². The van der Waals surface area contributed by atoms with Crippen molar-refractivity contribution in [2.24, 2.45) is 12.5 Å². The molecule has 8 heteroatoms. The molecule has 5 rings (SSSR count). The average Bonchev–Trinajstić information content (AvgIpc) is 3.42. The van der Waals surface area contributed by atoms with Gasteiger partial charge in [-0.15, -0.1) is 0 Å². The molecule has 1 aromatic carbocycles. The molecular weight excluding hydrogens is 416 g/mol. The molecule has 0 saturated carbocycles. The molecule has 0 aliphatic carbocycles. The van der Waals surface area contributed by atoms with Gasteiger partial charge in [0.1, 0.15) is 0 Å². The Kier molecular flexibility index (Phi) is 5.56. The van der Waals surface area contributed by atoms with E-state index < -0.39 is 0 Å². The largest absolute Gasteiger partial charge is 0.341 e. The van der Waals surface area contributed by atoms with E-state index in [0.29, 0.717) is 18.1 Å². The highest BCUT2D eigenvalue weighted by Gasteiger charge is 2.57. The Morgan fingerprint density at radius 3 is 2.55 bits per heavy atom. The number of carbonyl (C=O) groups is 1. The minimum atomic E-state index is -0.0243. The van der Waals surface area contributed by atoms with Gasteiger partial charge in [-0.25, -0.2) is 0 Å². The minimum Gasteiger partial charge on any atom is -0.341 e. The van der Waals surface area contributed by atoms with Crippen LogP contribution in [-0.4, -0.2) is 61.8 Å². The Bertz CT molecular complexity index is 1150. The molecule has 174 valence electrons. The van der Waals surface area contributed by atoms with Gasteiger partial charge < -0.3 is 9.42 Å². The van der Waals surface area contributed by atoms with Gasteiger partial charge in [-0.1, -0.05) is 35.5 Å². The molecule has 2 aliphatic rings. The van der Waals surface area contributed by atoms with E-state index in [-0.39, 0.29) is 17.2 Å². The third-order valence-corrected chi connectivity index (χ3v) is 7.42. The summed E-state index contributed by atoms with van der Waals surface area (Å²) in [5.41, 5.74) is 4.62. The number of hydrogen-bond donors (Lipinski definition) is 0. The van der Waals surface area contributed by atoms with E-state index in [2.05, 4.69) is 51.3 Å². The van der Waals surface area contributed by atoms with Crippen molar-refractivity contribution in [1.29, 1.82) is 0 Å². The van der Waals surface area contributed by atoms with Gasteiger partial charge in [-0.3, -0.25) is 14.4 Å². The molecular formula is C25H32N6O2. The average molecular weight is 449 g/mol. The Balaban J connectivity index is 1.26. The molecule has 2 fully saturated rings. The van der Waals surface area contributed by atoms with Crippen molar-refractivity contribution in [3.8, 4) is 0 Å². The number of aromatic nitrogens is 4. The summed E-state index contributed by atoms with van der Waals surface area (Å²) in [5.74, 6) is 1.73. The quantitative estimate of drug-likeness (QED) is 0.577. The fraction of sp³-hybridized carbons (Fsp3) is 0.520. The number of hydrogen-bond acceptors (Lipinski definition) is 6. The predicted octanol–water partition coefficient (Wildman–Crippen LogP) is 2.79. The molecule has 1 unspecified atom stereocenters. The highest BCUT2D eigenvalue weighted by Crippen LogP contribution is 2.49. The zero-order valence-electron chi connectivity index (χ0n) is 19.9. The lowest BCUT2D eigenvalue weighted by Crippen LogP contribution is -2.61. The number of aryl methyl sites for hydroxylation is 3. The van der Waals surface area contributed by atoms with E-state index in [1.54, 1.807) is 0 Å². The first-order valence-corrected chi connectivity index (χ1v) is 11.7. The van der Waals surface area contributed by atoms with Crippen molar-refractivity contribution in [2.45, 2.75) is 46.1 Å². The van der Waals surface area contributed by atoms with Gasteiger partial charge in [0.2, 0.25) is 11.8 Å². The van der Waals surface area contributed by atoms with Crippen LogP contribution in [0.2, 0.25) is 0 Å². The Morgan fingerprint density at radius 1 is 1.15 bits per heavy atom. The molecule has 33 heavy (non-hydrogen) atoms. The van der Waals surface area contributed by atoms with Crippen LogP contribution in [0, 0.1) is 26.2 Å². The molecule has 1 amide bonds. The maximum Gasteiger partial charge on any atom is 0.231 e. The van der Waals surface area contributed by atoms with Gasteiger partial charge in [0.05, 0.1) is 11.6 Å². The van der Waals surface area contributed by atoms with Crippen molar-refractivity contribution in [1.82, 2.24) is 29.7 Å². The van der Waals surface area contributed by atoms with Crippen molar-refractivity contribution < 1.29 is 9.32 Å². The number of carbonyl (C=O) groups excluding carboxylic acids is 1. The van der Waals surface area contributed by atoms with Crippen LogP contribution >= 0.6 is 0 Å². The Morgan fingerprint density at radius 2 is 1.91 bits per heavy atom. The lowest BCUT2D eigenvalue weighted by atomic mass is 9.71. The number of nitrogens with zero attached hydrogens (tertiary/aromatic N) is 6. The van der Waals surface area contributed by atoms with Crippen LogP contribution in [0.15, 0.2) is 34.9 Å². The van der Waals surface area contributed by atoms with Crippen molar-refractivity contribution in [2.75, 3.05) is 26.2 Å². The number of likely N-dealkylation sites (tertiary alicyclic amines) is 2. The minimum absolute atomic E-state index is 0.0243. The molecule has 0 bridgehead atoms. The lowest BCUT2D eigenvalue weighted by molar-refractivity contribution is -0.143. The van der Waals surface area contributed by atoms with Crippen LogP contribution in [-0.2, 0) is 24.8 Å². The molecule has 4 heterocycles. The van der Waals surface area contributed by atoms with E-state index in [1.165, 1.54) is 11.1 Å². The fourth-order valence-electron chi connectivity index (χ4n) is 5.61. The molecule has 0 radical (unpaired) electrons. The van der Waals surface area contributed by atoms with Crippen molar-refractivity contribution in [3.05, 3.63) is 64.6 Å². The van der Waals surface area contributed by atoms with E-state index in [4.69, 9.17) is 4.52 Å². The summed E-state index contributed by atoms with van der Waals surface area (Å²) < 4.78 is 7.50. The fourth-order valence-corrected chi connectivity index (χ4v) is 5.61. The van der Waals surface area contributed by atoms with Crippen LogP contribution in [0.4, 0.5) is 0 Å². The summed E-state index contributed by atoms with van der Waals surface area (Å²) in [7, 11) is 1.95. The van der Waals surface area contributed by atoms with Crippen LogP contribution < -0.4 is 0 Å². The van der Waals surface area contributed by atoms with E-state index >= 15 is 0 Å². The smallest absolute Gasteiger partial charge is 0.231 e. The molecule has 1 atom stereocenters. The third kappa shape index (κ3) is 4.08. The normalized spacial score (nSPS) is 19.9. The first-order valence-electron chi connectivity index (χ1n) is 11.7. The van der Waals surface area contributed by atoms with E-state index in [1.807, 2.05) is 36.5 Å². The SMILES string of the molecule is Cc1noc(C2CN(Cc3ccccc3)CC23CN(C(=O)CCc2c(C)nn(C)c2C)C3)n1. The topological polar surface area (TPSA) is 80.3 Å². The summed E-state index contributed by atoms with van der Waals surface area (Å²) >= 11 is 0. The second kappa shape index (κ2) is 8.41. The van der Waals surface area contributed by atoms with Crippen molar-refractivity contribution in [3.63, 3.8) is 0 Å². The van der Waals surface area contributed by atoms with Gasteiger partial charge in [-0.2, -0.15) is 10.1 Å². The lowest BCUT2D eigenvalue weighted by Gasteiger charge is -2.50. The van der Waals surface area contributed by atoms with Gasteiger partial charge in [-0.05, 0) is 38.3 Å². The maximum atomic E-state index is 13.0. The second-order valence-electron chi connectivity index (χ2n) is 9.77. The molecule has 2 aliphatic heterocycles. The molecule has 2 saturated heterocycles. The highest BCUT2D eigenvalue weighted by molar-refractivity contribution is 5.77. The second-order valence-corrected chi connectivity index (χ2v) is 9.77. The van der Waals surface area contributed by atoms with Gasteiger partial charge in [0.25, 0.3) is 0 Å². The maximum absolute atomic E-state index is 13.0. The first-order chi connectivity index (χ1) is 15.8. The third-order valence-electron chi connectivity index (χ3n) is 7.42. The van der Waals surface area contributed by atoms with Crippen molar-refractivity contribution >= 4 is 5.91 Å². The summed E-state index contributed by atoms with van der Waals surface area (Å²) in [5, 5.41) is 8.51. The molecule has 1 spiro atoms. The van der Waals surface area contributed by atoms with Crippen LogP contribution in [0.1, 0.15) is 46.6 Å². The Hall–Kier alpha value is -3.00. The van der Waals surface area contributed by atoms with Gasteiger partial charge in [0, 0.05) is 57.3 Å². The molecule has 2 aromatic heterocycles. The summed E-state index contributed by atoms with van der Waals surface area (Å²) in [4.78, 5) is 22.0. The number of benzene rings is 1. The molecule has 8 nitrogen and oxygen atoms in total. The van der Waals surface area contributed by atoms with Crippen LogP contribution in [0.3, 0.4) is 0 Å². The van der Waals surface area contributed by atoms with Crippen LogP contribution in [0.5, 0.6) is 0 Å². The summed E-state index contributed by atoms with van der Waals surface area (Å²) in [6, 6.07) is 10.5. The van der Waals surface area contributed by atoms with E-state index in [9.17, 15) is 4.79 Å². The predicted molar refractivity (Wildman–Crippen MR) is 124 cm³/mol. The van der Waals surface area contributed by atoms with Crippen LogP contribution in [0.25, 0.3) is 0 Å². The summed E-state index contributed by atoms with van der Waals surface area (Å²) in [6.07, 6.45) is 1.25.